The van der Waals surface area contributed by atoms with E-state index in [-0.39, 0.29) is 36.3 Å². The van der Waals surface area contributed by atoms with E-state index in [1.165, 1.54) is 0 Å². The number of halogens is 6. The van der Waals surface area contributed by atoms with Gasteiger partial charge in [-0.2, -0.15) is 26.3 Å². The maximum Gasteiger partial charge on any atom is 0.416 e. The first-order valence-corrected chi connectivity index (χ1v) is 11.7. The van der Waals surface area contributed by atoms with Crippen molar-refractivity contribution >= 4 is 17.3 Å². The minimum atomic E-state index is -4.84. The molecule has 1 aromatic rings. The maximum atomic E-state index is 13.4. The van der Waals surface area contributed by atoms with Crippen molar-refractivity contribution < 1.29 is 31.1 Å². The van der Waals surface area contributed by atoms with E-state index < -0.39 is 23.5 Å². The summed E-state index contributed by atoms with van der Waals surface area (Å²) in [5, 5.41) is 3.49. The number of aliphatic imine (C=N–C) groups is 1. The van der Waals surface area contributed by atoms with Gasteiger partial charge in [-0.05, 0) is 56.0 Å². The lowest BCUT2D eigenvalue weighted by Crippen LogP contribution is -2.37. The summed E-state index contributed by atoms with van der Waals surface area (Å²) >= 11 is 1.57. The Hall–Kier alpha value is -1.56. The number of nitrogens with one attached hydrogen (secondary N) is 1. The van der Waals surface area contributed by atoms with Crippen LogP contribution in [0.1, 0.15) is 36.0 Å². The molecule has 3 aliphatic heterocycles. The van der Waals surface area contributed by atoms with Gasteiger partial charge >= 0.3 is 12.4 Å². The van der Waals surface area contributed by atoms with Gasteiger partial charge in [-0.3, -0.25) is 15.2 Å². The van der Waals surface area contributed by atoms with Crippen LogP contribution in [0, 0.1) is 5.92 Å². The molecular weight excluding hydrogens is 468 g/mol. The first-order valence-electron chi connectivity index (χ1n) is 10.8. The van der Waals surface area contributed by atoms with E-state index in [9.17, 15) is 26.3 Å². The number of nitrogens with zero attached hydrogens (tertiary/aromatic N) is 2. The Balaban J connectivity index is 1.36. The van der Waals surface area contributed by atoms with Gasteiger partial charge < -0.3 is 4.74 Å². The lowest BCUT2D eigenvalue weighted by atomic mass is 9.95. The third kappa shape index (κ3) is 6.32. The molecule has 182 valence electrons. The van der Waals surface area contributed by atoms with E-state index >= 15 is 0 Å². The van der Waals surface area contributed by atoms with Gasteiger partial charge in [-0.15, -0.1) is 0 Å². The average Bonchev–Trinajstić information content (AvgIpc) is 3.41. The fraction of sp³-hybridized carbons (Fsp3) is 0.591. The van der Waals surface area contributed by atoms with Crippen molar-refractivity contribution in [2.45, 2.75) is 50.4 Å². The topological polar surface area (TPSA) is 36.9 Å². The Morgan fingerprint density at radius 1 is 1.09 bits per heavy atom. The molecule has 0 saturated carbocycles. The predicted octanol–water partition coefficient (Wildman–Crippen LogP) is 5.30. The largest absolute Gasteiger partial charge is 0.416 e. The molecule has 0 bridgehead atoms. The van der Waals surface area contributed by atoms with E-state index in [0.717, 1.165) is 42.9 Å². The third-order valence-corrected chi connectivity index (χ3v) is 7.02. The fourth-order valence-corrected chi connectivity index (χ4v) is 5.17. The SMILES string of the molecule is FC(F)(F)c1ccc(CN2CCC(/C=C3\SC=NC3NC3CCOC3)CC2)c(C(F)(F)F)c1. The molecule has 2 saturated heterocycles. The molecule has 3 aliphatic rings. The standard InChI is InChI=1S/C22H25F6N3OS/c23-21(24,25)16-2-1-15(18(10-16)22(26,27)28)11-31-6-3-14(4-7-31)9-19-20(29-13-33-19)30-17-5-8-32-12-17/h1-2,9-10,13-14,17,20,30H,3-8,11-12H2/b19-9-. The Bertz CT molecular complexity index is 887. The number of thioether (sulfide) groups is 1. The van der Waals surface area contributed by atoms with Crippen molar-refractivity contribution in [3.63, 3.8) is 0 Å². The van der Waals surface area contributed by atoms with Crippen molar-refractivity contribution in [3.8, 4) is 0 Å². The van der Waals surface area contributed by atoms with Crippen LogP contribution in [0.3, 0.4) is 0 Å². The summed E-state index contributed by atoms with van der Waals surface area (Å²) in [6.45, 7) is 2.54. The molecule has 0 aliphatic carbocycles. The zero-order chi connectivity index (χ0) is 23.6. The molecule has 0 spiro atoms. The highest BCUT2D eigenvalue weighted by atomic mass is 32.2. The molecule has 1 aromatic carbocycles. The highest BCUT2D eigenvalue weighted by molar-refractivity contribution is 8.15. The summed E-state index contributed by atoms with van der Waals surface area (Å²) in [6, 6.07) is 2.17. The first kappa shape index (κ1) is 24.6. The molecule has 2 fully saturated rings. The number of piperidine rings is 1. The summed E-state index contributed by atoms with van der Waals surface area (Å²) in [4.78, 5) is 7.48. The molecule has 11 heteroatoms. The minimum absolute atomic E-state index is 0.0278. The number of ether oxygens (including phenoxy) is 1. The second-order valence-electron chi connectivity index (χ2n) is 8.55. The lowest BCUT2D eigenvalue weighted by molar-refractivity contribution is -0.143. The molecule has 0 radical (unpaired) electrons. The van der Waals surface area contributed by atoms with Gasteiger partial charge in [0.2, 0.25) is 0 Å². The van der Waals surface area contributed by atoms with E-state index in [1.807, 2.05) is 10.4 Å². The van der Waals surface area contributed by atoms with Crippen molar-refractivity contribution in [1.82, 2.24) is 10.2 Å². The van der Waals surface area contributed by atoms with Gasteiger partial charge in [-0.1, -0.05) is 23.9 Å². The molecule has 2 unspecified atom stereocenters. The maximum absolute atomic E-state index is 13.4. The van der Waals surface area contributed by atoms with Crippen molar-refractivity contribution in [2.24, 2.45) is 10.9 Å². The number of hydrogen-bond acceptors (Lipinski definition) is 5. The Kier molecular flexibility index (Phi) is 7.42. The third-order valence-electron chi connectivity index (χ3n) is 6.16. The number of likely N-dealkylation sites (tertiary alicyclic amines) is 1. The van der Waals surface area contributed by atoms with E-state index in [4.69, 9.17) is 4.74 Å². The molecule has 4 rings (SSSR count). The monoisotopic (exact) mass is 493 g/mol. The van der Waals surface area contributed by atoms with Crippen LogP contribution in [0.15, 0.2) is 34.2 Å². The van der Waals surface area contributed by atoms with Crippen molar-refractivity contribution in [1.29, 1.82) is 0 Å². The Morgan fingerprint density at radius 3 is 2.48 bits per heavy atom. The van der Waals surface area contributed by atoms with Crippen LogP contribution >= 0.6 is 11.8 Å². The highest BCUT2D eigenvalue weighted by Crippen LogP contribution is 2.38. The zero-order valence-electron chi connectivity index (χ0n) is 17.8. The van der Waals surface area contributed by atoms with Crippen molar-refractivity contribution in [3.05, 3.63) is 45.9 Å². The number of rotatable bonds is 5. The van der Waals surface area contributed by atoms with Crippen LogP contribution in [0.5, 0.6) is 0 Å². The lowest BCUT2D eigenvalue weighted by Gasteiger charge is -2.32. The Morgan fingerprint density at radius 2 is 1.85 bits per heavy atom. The molecule has 1 N–H and O–H groups in total. The van der Waals surface area contributed by atoms with Gasteiger partial charge in [0.05, 0.1) is 23.3 Å². The number of alkyl halides is 6. The quantitative estimate of drug-likeness (QED) is 0.565. The smallest absolute Gasteiger partial charge is 0.380 e. The van der Waals surface area contributed by atoms with Gasteiger partial charge in [0, 0.05) is 24.1 Å². The summed E-state index contributed by atoms with van der Waals surface area (Å²) in [7, 11) is 0. The van der Waals surface area contributed by atoms with Crippen LogP contribution in [-0.2, 0) is 23.6 Å². The fourth-order valence-electron chi connectivity index (χ4n) is 4.34. The second kappa shape index (κ2) is 9.97. The van der Waals surface area contributed by atoms with Crippen molar-refractivity contribution in [2.75, 3.05) is 26.3 Å². The van der Waals surface area contributed by atoms with Gasteiger partial charge in [0.15, 0.2) is 0 Å². The Labute approximate surface area is 192 Å². The molecule has 3 heterocycles. The number of allylic oxidation sites excluding steroid dienone is 1. The van der Waals surface area contributed by atoms with E-state index in [0.29, 0.717) is 19.7 Å². The van der Waals surface area contributed by atoms with Gasteiger partial charge in [0.25, 0.3) is 0 Å². The average molecular weight is 494 g/mol. The molecule has 33 heavy (non-hydrogen) atoms. The van der Waals surface area contributed by atoms with Crippen LogP contribution < -0.4 is 5.32 Å². The second-order valence-corrected chi connectivity index (χ2v) is 9.47. The summed E-state index contributed by atoms with van der Waals surface area (Å²) < 4.78 is 84.3. The molecule has 2 atom stereocenters. The molecule has 4 nitrogen and oxygen atoms in total. The highest BCUT2D eigenvalue weighted by Gasteiger charge is 2.38. The summed E-state index contributed by atoms with van der Waals surface area (Å²) in [6.07, 6.45) is -5.05. The minimum Gasteiger partial charge on any atom is -0.380 e. The van der Waals surface area contributed by atoms with Crippen LogP contribution in [0.25, 0.3) is 0 Å². The predicted molar refractivity (Wildman–Crippen MR) is 115 cm³/mol. The van der Waals surface area contributed by atoms with Gasteiger partial charge in [0.1, 0.15) is 6.17 Å². The summed E-state index contributed by atoms with van der Waals surface area (Å²) in [5.41, 5.74) is -0.814. The normalized spacial score (nSPS) is 26.5. The van der Waals surface area contributed by atoms with Crippen LogP contribution in [0.2, 0.25) is 0 Å². The zero-order valence-corrected chi connectivity index (χ0v) is 18.6. The van der Waals surface area contributed by atoms with E-state index in [1.54, 1.807) is 11.8 Å². The van der Waals surface area contributed by atoms with Crippen LogP contribution in [-0.4, -0.2) is 49.0 Å². The molecule has 0 amide bonds. The van der Waals surface area contributed by atoms with Crippen LogP contribution in [0.4, 0.5) is 26.3 Å². The number of benzene rings is 1. The molecular formula is C22H25F6N3OS. The first-order chi connectivity index (χ1) is 15.6. The van der Waals surface area contributed by atoms with E-state index in [2.05, 4.69) is 16.4 Å². The number of hydrogen-bond donors (Lipinski definition) is 1. The molecule has 0 aromatic heterocycles. The summed E-state index contributed by atoms with van der Waals surface area (Å²) in [5.74, 6) is 0.282. The van der Waals surface area contributed by atoms with Gasteiger partial charge in [-0.25, -0.2) is 0 Å².